The molecular weight excluding hydrogens is 294 g/mol. The molecule has 0 atom stereocenters. The molecule has 0 bridgehead atoms. The van der Waals surface area contributed by atoms with E-state index in [2.05, 4.69) is 49.8 Å². The molecule has 66 valence electrons. The number of nitrogens with zero attached hydrogens (tertiary/aromatic N) is 1. The van der Waals surface area contributed by atoms with Gasteiger partial charge in [0, 0.05) is 20.5 Å². The molecule has 1 aromatic heterocycles. The number of hydrogen-bond donors (Lipinski definition) is 0. The van der Waals surface area contributed by atoms with Gasteiger partial charge in [0.25, 0.3) is 0 Å². The highest BCUT2D eigenvalue weighted by Gasteiger charge is 2.05. The van der Waals surface area contributed by atoms with Crippen LogP contribution in [0.4, 0.5) is 0 Å². The Labute approximate surface area is 93.4 Å². The molecule has 1 nitrogen and oxygen atoms in total. The fourth-order valence-electron chi connectivity index (χ4n) is 1.35. The van der Waals surface area contributed by atoms with E-state index in [0.29, 0.717) is 0 Å². The normalized spacial score (nSPS) is 10.7. The number of halogens is 2. The lowest BCUT2D eigenvalue weighted by Gasteiger charge is -2.04. The predicted molar refractivity (Wildman–Crippen MR) is 61.9 cm³/mol. The second-order valence-corrected chi connectivity index (χ2v) is 4.59. The zero-order valence-electron chi connectivity index (χ0n) is 7.01. The van der Waals surface area contributed by atoms with Gasteiger partial charge in [-0.15, -0.1) is 0 Å². The Morgan fingerprint density at radius 3 is 2.54 bits per heavy atom. The molecule has 3 heteroatoms. The summed E-state index contributed by atoms with van der Waals surface area (Å²) in [7, 11) is 0. The second kappa shape index (κ2) is 3.39. The van der Waals surface area contributed by atoms with Crippen LogP contribution in [0, 0.1) is 6.92 Å². The number of fused-ring (bicyclic) bond motifs is 1. The molecule has 0 N–H and O–H groups in total. The third kappa shape index (κ3) is 1.51. The van der Waals surface area contributed by atoms with Crippen LogP contribution in [0.5, 0.6) is 0 Å². The smallest absolute Gasteiger partial charge is 0.0857 e. The van der Waals surface area contributed by atoms with Gasteiger partial charge in [-0.1, -0.05) is 22.0 Å². The van der Waals surface area contributed by atoms with Gasteiger partial charge in [-0.25, -0.2) is 0 Å². The SMILES string of the molecule is Cc1ccc(Br)c2nccc(Br)c12. The maximum absolute atomic E-state index is 4.33. The van der Waals surface area contributed by atoms with Gasteiger partial charge in [0.05, 0.1) is 5.52 Å². The first kappa shape index (κ1) is 9.16. The average molecular weight is 301 g/mol. The zero-order valence-corrected chi connectivity index (χ0v) is 10.2. The van der Waals surface area contributed by atoms with Gasteiger partial charge in [0.15, 0.2) is 0 Å². The van der Waals surface area contributed by atoms with E-state index in [-0.39, 0.29) is 0 Å². The van der Waals surface area contributed by atoms with Crippen LogP contribution in [0.1, 0.15) is 5.56 Å². The lowest BCUT2D eigenvalue weighted by molar-refractivity contribution is 1.37. The van der Waals surface area contributed by atoms with E-state index in [0.717, 1.165) is 14.5 Å². The van der Waals surface area contributed by atoms with E-state index < -0.39 is 0 Å². The van der Waals surface area contributed by atoms with Crippen molar-refractivity contribution in [2.75, 3.05) is 0 Å². The van der Waals surface area contributed by atoms with Crippen molar-refractivity contribution in [1.82, 2.24) is 4.98 Å². The molecule has 2 aromatic rings. The van der Waals surface area contributed by atoms with Crippen LogP contribution in [0.15, 0.2) is 33.3 Å². The molecular formula is C10H7Br2N. The summed E-state index contributed by atoms with van der Waals surface area (Å²) in [6.07, 6.45) is 1.80. The first-order valence-electron chi connectivity index (χ1n) is 3.89. The fourth-order valence-corrected chi connectivity index (χ4v) is 2.41. The summed E-state index contributed by atoms with van der Waals surface area (Å²) in [6.45, 7) is 2.08. The van der Waals surface area contributed by atoms with Crippen molar-refractivity contribution in [3.05, 3.63) is 38.9 Å². The number of hydrogen-bond acceptors (Lipinski definition) is 1. The quantitative estimate of drug-likeness (QED) is 0.715. The molecule has 0 aliphatic carbocycles. The van der Waals surface area contributed by atoms with Crippen LogP contribution in [0.2, 0.25) is 0 Å². The molecule has 0 spiro atoms. The molecule has 0 amide bonds. The predicted octanol–water partition coefficient (Wildman–Crippen LogP) is 4.07. The Bertz CT molecular complexity index is 457. The van der Waals surface area contributed by atoms with Crippen molar-refractivity contribution in [3.8, 4) is 0 Å². The lowest BCUT2D eigenvalue weighted by atomic mass is 10.1. The monoisotopic (exact) mass is 299 g/mol. The minimum absolute atomic E-state index is 1.01. The summed E-state index contributed by atoms with van der Waals surface area (Å²) < 4.78 is 2.13. The topological polar surface area (TPSA) is 12.9 Å². The lowest BCUT2D eigenvalue weighted by Crippen LogP contribution is -1.84. The Balaban J connectivity index is 3.00. The maximum Gasteiger partial charge on any atom is 0.0857 e. The molecule has 1 heterocycles. The summed E-state index contributed by atoms with van der Waals surface area (Å²) >= 11 is 7.00. The van der Waals surface area contributed by atoms with Gasteiger partial charge in [-0.05, 0) is 40.5 Å². The van der Waals surface area contributed by atoms with Crippen molar-refractivity contribution in [3.63, 3.8) is 0 Å². The standard InChI is InChI=1S/C10H7Br2N/c1-6-2-3-8(12)10-9(6)7(11)4-5-13-10/h2-5H,1H3. The van der Waals surface area contributed by atoms with Gasteiger partial charge in [0.1, 0.15) is 0 Å². The highest BCUT2D eigenvalue weighted by atomic mass is 79.9. The molecule has 0 saturated carbocycles. The van der Waals surface area contributed by atoms with Crippen molar-refractivity contribution in [1.29, 1.82) is 0 Å². The number of pyridine rings is 1. The highest BCUT2D eigenvalue weighted by Crippen LogP contribution is 2.30. The summed E-state index contributed by atoms with van der Waals surface area (Å²) in [5.74, 6) is 0. The van der Waals surface area contributed by atoms with Crippen molar-refractivity contribution in [2.45, 2.75) is 6.92 Å². The van der Waals surface area contributed by atoms with Crippen molar-refractivity contribution >= 4 is 42.8 Å². The van der Waals surface area contributed by atoms with Crippen molar-refractivity contribution < 1.29 is 0 Å². The molecule has 2 rings (SSSR count). The Morgan fingerprint density at radius 2 is 1.85 bits per heavy atom. The van der Waals surface area contributed by atoms with Crippen LogP contribution >= 0.6 is 31.9 Å². The molecule has 0 aliphatic heterocycles. The Morgan fingerprint density at radius 1 is 1.08 bits per heavy atom. The van der Waals surface area contributed by atoms with Crippen LogP contribution < -0.4 is 0 Å². The van der Waals surface area contributed by atoms with Crippen LogP contribution in [0.25, 0.3) is 10.9 Å². The Kier molecular flexibility index (Phi) is 2.39. The van der Waals surface area contributed by atoms with Gasteiger partial charge in [0.2, 0.25) is 0 Å². The van der Waals surface area contributed by atoms with Gasteiger partial charge >= 0.3 is 0 Å². The molecule has 0 unspecified atom stereocenters. The summed E-state index contributed by atoms with van der Waals surface area (Å²) in [5, 5.41) is 1.18. The van der Waals surface area contributed by atoms with E-state index >= 15 is 0 Å². The number of benzene rings is 1. The fraction of sp³-hybridized carbons (Fsp3) is 0.100. The average Bonchev–Trinajstić information content (AvgIpc) is 2.12. The first-order chi connectivity index (χ1) is 6.20. The van der Waals surface area contributed by atoms with Crippen LogP contribution in [-0.2, 0) is 0 Å². The maximum atomic E-state index is 4.33. The van der Waals surface area contributed by atoms with E-state index in [1.165, 1.54) is 10.9 Å². The number of aryl methyl sites for hydroxylation is 1. The molecule has 1 aromatic carbocycles. The molecule has 13 heavy (non-hydrogen) atoms. The molecule has 0 radical (unpaired) electrons. The van der Waals surface area contributed by atoms with Gasteiger partial charge < -0.3 is 0 Å². The minimum atomic E-state index is 1.01. The molecule has 0 saturated heterocycles. The van der Waals surface area contributed by atoms with Crippen LogP contribution in [0.3, 0.4) is 0 Å². The number of aromatic nitrogens is 1. The van der Waals surface area contributed by atoms with Crippen LogP contribution in [-0.4, -0.2) is 4.98 Å². The van der Waals surface area contributed by atoms with E-state index in [1.807, 2.05) is 12.1 Å². The zero-order chi connectivity index (χ0) is 9.42. The van der Waals surface area contributed by atoms with E-state index in [4.69, 9.17) is 0 Å². The Hall–Kier alpha value is -0.410. The van der Waals surface area contributed by atoms with Gasteiger partial charge in [-0.2, -0.15) is 0 Å². The molecule has 0 aliphatic rings. The second-order valence-electron chi connectivity index (χ2n) is 2.88. The van der Waals surface area contributed by atoms with Crippen molar-refractivity contribution in [2.24, 2.45) is 0 Å². The third-order valence-electron chi connectivity index (χ3n) is 2.00. The van der Waals surface area contributed by atoms with Gasteiger partial charge in [-0.3, -0.25) is 4.98 Å². The summed E-state index contributed by atoms with van der Waals surface area (Å²) in [4.78, 5) is 4.33. The van der Waals surface area contributed by atoms with E-state index in [9.17, 15) is 0 Å². The van der Waals surface area contributed by atoms with E-state index in [1.54, 1.807) is 6.20 Å². The largest absolute Gasteiger partial charge is 0.255 e. The minimum Gasteiger partial charge on any atom is -0.255 e. The third-order valence-corrected chi connectivity index (χ3v) is 3.30. The first-order valence-corrected chi connectivity index (χ1v) is 5.48. The summed E-state index contributed by atoms with van der Waals surface area (Å²) in [5.41, 5.74) is 2.24. The highest BCUT2D eigenvalue weighted by molar-refractivity contribution is 9.11. The number of rotatable bonds is 0. The molecule has 0 fully saturated rings. The summed E-state index contributed by atoms with van der Waals surface area (Å²) in [6, 6.07) is 6.07.